The lowest BCUT2D eigenvalue weighted by atomic mass is 9.98. The van der Waals surface area contributed by atoms with Crippen LogP contribution in [0.1, 0.15) is 32.6 Å². The molecule has 0 aromatic heterocycles. The lowest BCUT2D eigenvalue weighted by Crippen LogP contribution is -2.36. The molecule has 0 spiro atoms. The summed E-state index contributed by atoms with van der Waals surface area (Å²) in [5.74, 6) is 0.831. The van der Waals surface area contributed by atoms with E-state index in [-0.39, 0.29) is 0 Å². The molecule has 84 valence electrons. The topological polar surface area (TPSA) is 32.7 Å². The third-order valence-corrected chi connectivity index (χ3v) is 3.82. The summed E-state index contributed by atoms with van der Waals surface area (Å²) >= 11 is 0. The van der Waals surface area contributed by atoms with Crippen molar-refractivity contribution < 1.29 is 9.84 Å². The lowest BCUT2D eigenvalue weighted by molar-refractivity contribution is 0.0262. The van der Waals surface area contributed by atoms with Crippen LogP contribution in [0, 0.1) is 0 Å². The highest BCUT2D eigenvalue weighted by atomic mass is 16.5. The Balaban J connectivity index is 1.76. The number of aliphatic hydroxyl groups is 1. The SMILES string of the molecule is CC1CC(O)(C2=CCCO2)CN1C1CC1. The van der Waals surface area contributed by atoms with Crippen molar-refractivity contribution in [1.82, 2.24) is 4.90 Å². The molecule has 2 heterocycles. The highest BCUT2D eigenvalue weighted by Crippen LogP contribution is 2.41. The van der Waals surface area contributed by atoms with Crippen molar-refractivity contribution >= 4 is 0 Å². The van der Waals surface area contributed by atoms with E-state index in [4.69, 9.17) is 4.74 Å². The number of rotatable bonds is 2. The fraction of sp³-hybridized carbons (Fsp3) is 0.833. The molecule has 1 saturated carbocycles. The summed E-state index contributed by atoms with van der Waals surface area (Å²) in [6.07, 6.45) is 6.45. The van der Waals surface area contributed by atoms with E-state index in [1.54, 1.807) is 0 Å². The van der Waals surface area contributed by atoms with Gasteiger partial charge in [0.05, 0.1) is 6.61 Å². The minimum absolute atomic E-state index is 0.493. The Kier molecular flexibility index (Phi) is 2.08. The molecule has 0 aromatic rings. The van der Waals surface area contributed by atoms with Gasteiger partial charge < -0.3 is 9.84 Å². The fourth-order valence-corrected chi connectivity index (χ4v) is 2.94. The number of β-amino-alcohol motifs (C(OH)–C–C–N with tert-alkyl or cyclic N) is 1. The van der Waals surface area contributed by atoms with Gasteiger partial charge in [0.1, 0.15) is 11.4 Å². The van der Waals surface area contributed by atoms with E-state index < -0.39 is 5.60 Å². The van der Waals surface area contributed by atoms with Crippen LogP contribution in [-0.2, 0) is 4.74 Å². The normalized spacial score (nSPS) is 41.7. The van der Waals surface area contributed by atoms with Gasteiger partial charge in [0.15, 0.2) is 0 Å². The van der Waals surface area contributed by atoms with E-state index >= 15 is 0 Å². The van der Waals surface area contributed by atoms with Crippen LogP contribution in [-0.4, -0.2) is 40.8 Å². The Morgan fingerprint density at radius 1 is 1.53 bits per heavy atom. The summed E-state index contributed by atoms with van der Waals surface area (Å²) < 4.78 is 5.52. The van der Waals surface area contributed by atoms with Crippen LogP contribution in [0.2, 0.25) is 0 Å². The molecule has 2 unspecified atom stereocenters. The largest absolute Gasteiger partial charge is 0.495 e. The van der Waals surface area contributed by atoms with E-state index in [0.717, 1.165) is 37.8 Å². The quantitative estimate of drug-likeness (QED) is 0.743. The van der Waals surface area contributed by atoms with Crippen molar-refractivity contribution in [3.8, 4) is 0 Å². The highest BCUT2D eigenvalue weighted by Gasteiger charge is 2.49. The van der Waals surface area contributed by atoms with Crippen LogP contribution >= 0.6 is 0 Å². The van der Waals surface area contributed by atoms with Gasteiger partial charge >= 0.3 is 0 Å². The molecule has 2 atom stereocenters. The van der Waals surface area contributed by atoms with E-state index in [9.17, 15) is 5.11 Å². The van der Waals surface area contributed by atoms with Gasteiger partial charge in [-0.1, -0.05) is 0 Å². The second-order valence-electron chi connectivity index (χ2n) is 5.19. The summed E-state index contributed by atoms with van der Waals surface area (Å²) in [6.45, 7) is 3.73. The first-order chi connectivity index (χ1) is 7.19. The van der Waals surface area contributed by atoms with Gasteiger partial charge in [-0.15, -0.1) is 0 Å². The molecule has 1 saturated heterocycles. The maximum Gasteiger partial charge on any atom is 0.135 e. The summed E-state index contributed by atoms with van der Waals surface area (Å²) in [4.78, 5) is 2.45. The molecule has 2 aliphatic heterocycles. The first-order valence-electron chi connectivity index (χ1n) is 6.01. The smallest absolute Gasteiger partial charge is 0.135 e. The van der Waals surface area contributed by atoms with Crippen LogP contribution in [0.3, 0.4) is 0 Å². The molecule has 3 aliphatic rings. The van der Waals surface area contributed by atoms with Gasteiger partial charge in [0.25, 0.3) is 0 Å². The second kappa shape index (κ2) is 3.22. The molecule has 0 radical (unpaired) electrons. The van der Waals surface area contributed by atoms with E-state index in [1.165, 1.54) is 12.8 Å². The third kappa shape index (κ3) is 1.58. The summed E-state index contributed by atoms with van der Waals surface area (Å²) in [6, 6.07) is 1.23. The Hall–Kier alpha value is -0.540. The number of likely N-dealkylation sites (tertiary alicyclic amines) is 1. The van der Waals surface area contributed by atoms with Crippen molar-refractivity contribution in [2.75, 3.05) is 13.2 Å². The maximum atomic E-state index is 10.6. The molecule has 2 fully saturated rings. The molecule has 15 heavy (non-hydrogen) atoms. The minimum atomic E-state index is -0.696. The van der Waals surface area contributed by atoms with E-state index in [2.05, 4.69) is 17.9 Å². The molecule has 0 bridgehead atoms. The Bertz CT molecular complexity index is 298. The monoisotopic (exact) mass is 209 g/mol. The first-order valence-corrected chi connectivity index (χ1v) is 6.01. The average molecular weight is 209 g/mol. The van der Waals surface area contributed by atoms with Gasteiger partial charge in [0.2, 0.25) is 0 Å². The minimum Gasteiger partial charge on any atom is -0.495 e. The molecule has 3 rings (SSSR count). The first kappa shape index (κ1) is 9.67. The number of hydrogen-bond acceptors (Lipinski definition) is 3. The van der Waals surface area contributed by atoms with Crippen molar-refractivity contribution in [3.05, 3.63) is 11.8 Å². The van der Waals surface area contributed by atoms with Gasteiger partial charge in [-0.25, -0.2) is 0 Å². The average Bonchev–Trinajstić information content (AvgIpc) is 2.77. The van der Waals surface area contributed by atoms with E-state index in [1.807, 2.05) is 0 Å². The van der Waals surface area contributed by atoms with Crippen LogP contribution in [0.4, 0.5) is 0 Å². The number of nitrogens with zero attached hydrogens (tertiary/aromatic N) is 1. The molecule has 0 aromatic carbocycles. The predicted molar refractivity (Wildman–Crippen MR) is 57.4 cm³/mol. The molecular weight excluding hydrogens is 190 g/mol. The van der Waals surface area contributed by atoms with Crippen LogP contribution < -0.4 is 0 Å². The summed E-state index contributed by atoms with van der Waals surface area (Å²) in [5, 5.41) is 10.6. The molecule has 1 aliphatic carbocycles. The van der Waals surface area contributed by atoms with Crippen molar-refractivity contribution in [1.29, 1.82) is 0 Å². The van der Waals surface area contributed by atoms with Crippen LogP contribution in [0.5, 0.6) is 0 Å². The van der Waals surface area contributed by atoms with Crippen LogP contribution in [0.15, 0.2) is 11.8 Å². The molecule has 1 N–H and O–H groups in total. The number of hydrogen-bond donors (Lipinski definition) is 1. The second-order valence-corrected chi connectivity index (χ2v) is 5.19. The van der Waals surface area contributed by atoms with Crippen molar-refractivity contribution in [2.24, 2.45) is 0 Å². The molecule has 3 nitrogen and oxygen atoms in total. The number of ether oxygens (including phenoxy) is 1. The fourth-order valence-electron chi connectivity index (χ4n) is 2.94. The molecular formula is C12H19NO2. The van der Waals surface area contributed by atoms with E-state index in [0.29, 0.717) is 6.04 Å². The maximum absolute atomic E-state index is 10.6. The zero-order valence-corrected chi connectivity index (χ0v) is 9.28. The zero-order valence-electron chi connectivity index (χ0n) is 9.28. The van der Waals surface area contributed by atoms with Gasteiger partial charge in [-0.3, -0.25) is 4.90 Å². The summed E-state index contributed by atoms with van der Waals surface area (Å²) in [5.41, 5.74) is -0.696. The zero-order chi connectivity index (χ0) is 10.5. The molecule has 3 heteroatoms. The Labute approximate surface area is 90.7 Å². The Morgan fingerprint density at radius 2 is 2.33 bits per heavy atom. The Morgan fingerprint density at radius 3 is 2.93 bits per heavy atom. The van der Waals surface area contributed by atoms with Crippen molar-refractivity contribution in [2.45, 2.75) is 50.3 Å². The van der Waals surface area contributed by atoms with Gasteiger partial charge in [-0.2, -0.15) is 0 Å². The third-order valence-electron chi connectivity index (χ3n) is 3.82. The highest BCUT2D eigenvalue weighted by molar-refractivity contribution is 5.19. The lowest BCUT2D eigenvalue weighted by Gasteiger charge is -2.24. The van der Waals surface area contributed by atoms with Crippen molar-refractivity contribution in [3.63, 3.8) is 0 Å². The standard InChI is InChI=1S/C12H19NO2/c1-9-7-12(14,11-3-2-6-15-11)8-13(9)10-4-5-10/h3,9-10,14H,2,4-8H2,1H3. The molecule has 0 amide bonds. The van der Waals surface area contributed by atoms with Gasteiger partial charge in [-0.05, 0) is 32.3 Å². The summed E-state index contributed by atoms with van der Waals surface area (Å²) in [7, 11) is 0. The van der Waals surface area contributed by atoms with Gasteiger partial charge in [0, 0.05) is 25.0 Å². The van der Waals surface area contributed by atoms with Crippen LogP contribution in [0.25, 0.3) is 0 Å². The predicted octanol–water partition coefficient (Wildman–Crippen LogP) is 1.28.